The average Bonchev–Trinajstić information content (AvgIpc) is 3.78. The minimum Gasteiger partial charge on any atom is -0.363 e. The van der Waals surface area contributed by atoms with Crippen LogP contribution in [0, 0.1) is 5.41 Å². The summed E-state index contributed by atoms with van der Waals surface area (Å²) in [4.78, 5) is 17.6. The van der Waals surface area contributed by atoms with Crippen LogP contribution in [0.15, 0.2) is 218 Å². The Hall–Kier alpha value is -8.15. The summed E-state index contributed by atoms with van der Waals surface area (Å²) in [5.41, 5.74) is 15.7. The van der Waals surface area contributed by atoms with E-state index < -0.39 is 0 Å². The number of rotatable bonds is 8. The van der Waals surface area contributed by atoms with Crippen molar-refractivity contribution in [1.29, 1.82) is 0 Å². The van der Waals surface area contributed by atoms with Gasteiger partial charge in [-0.3, -0.25) is 0 Å². The summed E-state index contributed by atoms with van der Waals surface area (Å²) in [5.74, 6) is 1.90. The molecule has 0 saturated heterocycles. The summed E-state index contributed by atoms with van der Waals surface area (Å²) in [5, 5.41) is 6.20. The highest BCUT2D eigenvalue weighted by Gasteiger charge is 2.37. The maximum absolute atomic E-state index is 5.10. The zero-order valence-electron chi connectivity index (χ0n) is 36.7. The number of anilines is 3. The van der Waals surface area contributed by atoms with E-state index in [0.717, 1.165) is 33.4 Å². The number of nitrogens with zero attached hydrogens (tertiary/aromatic N) is 4. The molecule has 0 bridgehead atoms. The van der Waals surface area contributed by atoms with Gasteiger partial charge in [0.15, 0.2) is 17.5 Å². The van der Waals surface area contributed by atoms with E-state index in [1.807, 2.05) is 30.3 Å². The lowest BCUT2D eigenvalue weighted by Gasteiger charge is -2.36. The van der Waals surface area contributed by atoms with Gasteiger partial charge in [0.2, 0.25) is 0 Å². The molecule has 1 aliphatic rings. The number of benzene rings is 9. The number of aromatic nitrogens is 3. The van der Waals surface area contributed by atoms with Gasteiger partial charge in [-0.1, -0.05) is 203 Å². The SMILES string of the molecule is CC(C)(C)C1Nc2ccccc2N1c1cccc(-c2ccc(-c3cccc(-c4ccc(-c5nc(-c6ccccc6)nc(-c6cccc(-c7cccc8ccccc78)c6)n5)cc4)c3)cc2)c1. The quantitative estimate of drug-likeness (QED) is 0.165. The first-order valence-corrected chi connectivity index (χ1v) is 22.3. The molecule has 1 aliphatic heterocycles. The van der Waals surface area contributed by atoms with Gasteiger partial charge >= 0.3 is 0 Å². The molecule has 1 atom stereocenters. The number of fused-ring (bicyclic) bond motifs is 2. The van der Waals surface area contributed by atoms with Crippen molar-refractivity contribution in [1.82, 2.24) is 15.0 Å². The highest BCUT2D eigenvalue weighted by Crippen LogP contribution is 2.46. The lowest BCUT2D eigenvalue weighted by molar-refractivity contribution is 0.351. The van der Waals surface area contributed by atoms with Gasteiger partial charge in [-0.2, -0.15) is 0 Å². The van der Waals surface area contributed by atoms with E-state index in [1.54, 1.807) is 0 Å². The molecule has 1 N–H and O–H groups in total. The topological polar surface area (TPSA) is 53.9 Å². The largest absolute Gasteiger partial charge is 0.363 e. The van der Waals surface area contributed by atoms with Gasteiger partial charge in [0.05, 0.1) is 11.4 Å². The Kier molecular flexibility index (Phi) is 10.1. The van der Waals surface area contributed by atoms with Gasteiger partial charge in [-0.05, 0) is 91.7 Å². The molecule has 9 aromatic carbocycles. The molecule has 1 aromatic heterocycles. The lowest BCUT2D eigenvalue weighted by atomic mass is 9.91. The fourth-order valence-electron chi connectivity index (χ4n) is 9.08. The van der Waals surface area contributed by atoms with Crippen molar-refractivity contribution in [3.8, 4) is 78.7 Å². The molecule has 0 aliphatic carbocycles. The Balaban J connectivity index is 0.869. The van der Waals surface area contributed by atoms with Gasteiger partial charge in [0.1, 0.15) is 6.17 Å². The van der Waals surface area contributed by atoms with Crippen molar-refractivity contribution in [2.24, 2.45) is 5.41 Å². The van der Waals surface area contributed by atoms with Crippen LogP contribution in [-0.4, -0.2) is 21.1 Å². The summed E-state index contributed by atoms with van der Waals surface area (Å²) in [6, 6.07) is 77.4. The van der Waals surface area contributed by atoms with Crippen molar-refractivity contribution in [3.63, 3.8) is 0 Å². The maximum Gasteiger partial charge on any atom is 0.164 e. The van der Waals surface area contributed by atoms with Crippen LogP contribution in [0.2, 0.25) is 0 Å². The van der Waals surface area contributed by atoms with E-state index in [9.17, 15) is 0 Å². The van der Waals surface area contributed by atoms with Crippen molar-refractivity contribution in [2.45, 2.75) is 26.9 Å². The van der Waals surface area contributed by atoms with Crippen molar-refractivity contribution in [2.75, 3.05) is 10.2 Å². The molecule has 0 saturated carbocycles. The second-order valence-corrected chi connectivity index (χ2v) is 17.9. The van der Waals surface area contributed by atoms with Gasteiger partial charge < -0.3 is 10.2 Å². The van der Waals surface area contributed by atoms with Gasteiger partial charge in [0, 0.05) is 27.8 Å². The first-order valence-electron chi connectivity index (χ1n) is 22.3. The Morgan fingerprint density at radius 1 is 0.385 bits per heavy atom. The van der Waals surface area contributed by atoms with Crippen LogP contribution in [-0.2, 0) is 0 Å². The van der Waals surface area contributed by atoms with Crippen molar-refractivity contribution >= 4 is 27.8 Å². The number of hydrogen-bond acceptors (Lipinski definition) is 5. The van der Waals surface area contributed by atoms with Crippen LogP contribution in [0.5, 0.6) is 0 Å². The summed E-state index contributed by atoms with van der Waals surface area (Å²) in [6.45, 7) is 6.87. The monoisotopic (exact) mass is 837 g/mol. The molecule has 0 radical (unpaired) electrons. The predicted molar refractivity (Wildman–Crippen MR) is 271 cm³/mol. The Labute approximate surface area is 380 Å². The smallest absolute Gasteiger partial charge is 0.164 e. The summed E-state index contributed by atoms with van der Waals surface area (Å²) in [7, 11) is 0. The standard InChI is InChI=1S/C60H47N5/c1-60(2,3)59-61-54-27-9-10-28-55(54)65(59)51-24-13-21-48(39-51)42-31-29-40(30-32-42)46-19-11-20-47(37-46)41-33-35-45(36-34-41)57-62-56(44-16-5-4-6-17-44)63-58(64-57)50-23-12-22-49(38-50)53-26-14-18-43-15-7-8-25-52(43)53/h4-39,59,61H,1-3H3. The second kappa shape index (κ2) is 16.5. The summed E-state index contributed by atoms with van der Waals surface area (Å²) >= 11 is 0. The van der Waals surface area contributed by atoms with Crippen LogP contribution in [0.3, 0.4) is 0 Å². The predicted octanol–water partition coefficient (Wildman–Crippen LogP) is 15.6. The zero-order chi connectivity index (χ0) is 43.9. The van der Waals surface area contributed by atoms with Crippen LogP contribution in [0.1, 0.15) is 20.8 Å². The van der Waals surface area contributed by atoms with Gasteiger partial charge in [-0.25, -0.2) is 15.0 Å². The molecule has 5 nitrogen and oxygen atoms in total. The number of hydrogen-bond donors (Lipinski definition) is 1. The van der Waals surface area contributed by atoms with Crippen molar-refractivity contribution < 1.29 is 0 Å². The molecule has 0 amide bonds. The molecule has 10 aromatic rings. The van der Waals surface area contributed by atoms with Crippen LogP contribution in [0.25, 0.3) is 89.4 Å². The highest BCUT2D eigenvalue weighted by molar-refractivity contribution is 5.97. The fourth-order valence-corrected chi connectivity index (χ4v) is 9.08. The summed E-state index contributed by atoms with van der Waals surface area (Å²) < 4.78 is 0. The minimum atomic E-state index is 0.0194. The van der Waals surface area contributed by atoms with Gasteiger partial charge in [-0.15, -0.1) is 0 Å². The number of nitrogens with one attached hydrogen (secondary N) is 1. The van der Waals surface area contributed by atoms with Crippen molar-refractivity contribution in [3.05, 3.63) is 218 Å². The molecule has 11 rings (SSSR count). The molecule has 0 spiro atoms. The van der Waals surface area contributed by atoms with Crippen LogP contribution in [0.4, 0.5) is 17.1 Å². The van der Waals surface area contributed by atoms with Gasteiger partial charge in [0.25, 0.3) is 0 Å². The summed E-state index contributed by atoms with van der Waals surface area (Å²) in [6.07, 6.45) is 0.140. The fraction of sp³-hybridized carbons (Fsp3) is 0.0833. The molecule has 312 valence electrons. The normalized spacial score (nSPS) is 13.4. The Morgan fingerprint density at radius 2 is 0.846 bits per heavy atom. The van der Waals surface area contributed by atoms with E-state index >= 15 is 0 Å². The minimum absolute atomic E-state index is 0.0194. The van der Waals surface area contributed by atoms with E-state index in [4.69, 9.17) is 15.0 Å². The van der Waals surface area contributed by atoms with Crippen LogP contribution < -0.4 is 10.2 Å². The third-order valence-corrected chi connectivity index (χ3v) is 12.4. The van der Waals surface area contributed by atoms with Crippen LogP contribution >= 0.6 is 0 Å². The molecular weight excluding hydrogens is 791 g/mol. The molecule has 0 fully saturated rings. The molecular formula is C60H47N5. The Bertz CT molecular complexity index is 3330. The first-order chi connectivity index (χ1) is 31.8. The van der Waals surface area contributed by atoms with E-state index in [2.05, 4.69) is 219 Å². The first kappa shape index (κ1) is 39.7. The number of para-hydroxylation sites is 2. The molecule has 2 heterocycles. The Morgan fingerprint density at radius 3 is 1.52 bits per heavy atom. The highest BCUT2D eigenvalue weighted by atomic mass is 15.3. The molecule has 1 unspecified atom stereocenters. The molecule has 65 heavy (non-hydrogen) atoms. The maximum atomic E-state index is 5.10. The van der Waals surface area contributed by atoms with E-state index in [0.29, 0.717) is 17.5 Å². The van der Waals surface area contributed by atoms with E-state index in [1.165, 1.54) is 55.7 Å². The second-order valence-electron chi connectivity index (χ2n) is 17.9. The third-order valence-electron chi connectivity index (χ3n) is 12.4. The zero-order valence-corrected chi connectivity index (χ0v) is 36.7. The third kappa shape index (κ3) is 7.83. The van der Waals surface area contributed by atoms with E-state index in [-0.39, 0.29) is 11.6 Å². The average molecular weight is 838 g/mol. The lowest BCUT2D eigenvalue weighted by Crippen LogP contribution is -2.42. The molecule has 5 heteroatoms.